The Labute approximate surface area is 189 Å². The average molecular weight is 444 g/mol. The van der Waals surface area contributed by atoms with Crippen LogP contribution in [0.5, 0.6) is 23.0 Å². The Morgan fingerprint density at radius 1 is 1.00 bits per heavy atom. The van der Waals surface area contributed by atoms with E-state index in [2.05, 4.69) is 4.90 Å². The third-order valence-electron chi connectivity index (χ3n) is 5.86. The van der Waals surface area contributed by atoms with Crippen molar-refractivity contribution < 1.29 is 28.8 Å². The van der Waals surface area contributed by atoms with Gasteiger partial charge in [-0.2, -0.15) is 0 Å². The Hall–Kier alpha value is -2.93. The minimum atomic E-state index is -0.722. The molecule has 1 aliphatic heterocycles. The van der Waals surface area contributed by atoms with Crippen molar-refractivity contribution in [1.29, 1.82) is 0 Å². The summed E-state index contributed by atoms with van der Waals surface area (Å²) in [6.45, 7) is 6.30. The van der Waals surface area contributed by atoms with Crippen LogP contribution in [0.4, 0.5) is 0 Å². The normalized spacial score (nSPS) is 15.8. The second kappa shape index (κ2) is 11.1. The summed E-state index contributed by atoms with van der Waals surface area (Å²) in [5.41, 5.74) is 1.99. The number of likely N-dealkylation sites (tertiary alicyclic amines) is 1. The Balaban J connectivity index is 2.08. The first-order valence-electron chi connectivity index (χ1n) is 11.1. The van der Waals surface area contributed by atoms with E-state index < -0.39 is 5.97 Å². The van der Waals surface area contributed by atoms with Gasteiger partial charge in [-0.1, -0.05) is 18.2 Å². The number of nitrogens with zero attached hydrogens (tertiary/aromatic N) is 1. The van der Waals surface area contributed by atoms with Crippen LogP contribution in [0.25, 0.3) is 0 Å². The maximum absolute atomic E-state index is 11.5. The summed E-state index contributed by atoms with van der Waals surface area (Å²) in [5, 5.41) is 9.44. The first-order chi connectivity index (χ1) is 15.5. The second-order valence-electron chi connectivity index (χ2n) is 7.71. The highest BCUT2D eigenvalue weighted by Gasteiger charge is 2.32. The monoisotopic (exact) mass is 443 g/mol. The number of benzene rings is 2. The molecule has 7 heteroatoms. The van der Waals surface area contributed by atoms with Gasteiger partial charge in [0, 0.05) is 5.56 Å². The molecule has 0 aliphatic carbocycles. The minimum absolute atomic E-state index is 0.148. The number of carbonyl (C=O) groups is 1. The molecule has 7 nitrogen and oxygen atoms in total. The first kappa shape index (κ1) is 23.7. The molecule has 1 N–H and O–H groups in total. The smallest absolute Gasteiger partial charge is 0.306 e. The lowest BCUT2D eigenvalue weighted by Crippen LogP contribution is -2.39. The Kier molecular flexibility index (Phi) is 8.22. The molecule has 2 aromatic carbocycles. The van der Waals surface area contributed by atoms with Crippen molar-refractivity contribution in [3.8, 4) is 23.0 Å². The van der Waals surface area contributed by atoms with Gasteiger partial charge in [0.25, 0.3) is 0 Å². The van der Waals surface area contributed by atoms with Gasteiger partial charge in [0.15, 0.2) is 23.0 Å². The van der Waals surface area contributed by atoms with E-state index in [4.69, 9.17) is 18.9 Å². The number of rotatable bonds is 10. The Bertz CT molecular complexity index is 907. The summed E-state index contributed by atoms with van der Waals surface area (Å²) in [4.78, 5) is 13.8. The van der Waals surface area contributed by atoms with Crippen molar-refractivity contribution >= 4 is 5.97 Å². The molecule has 1 atom stereocenters. The van der Waals surface area contributed by atoms with Gasteiger partial charge in [-0.3, -0.25) is 9.69 Å². The molecule has 1 fully saturated rings. The summed E-state index contributed by atoms with van der Waals surface area (Å²) in [5.74, 6) is 1.70. The predicted molar refractivity (Wildman–Crippen MR) is 122 cm³/mol. The fourth-order valence-corrected chi connectivity index (χ4v) is 4.36. The molecule has 1 heterocycles. The lowest BCUT2D eigenvalue weighted by Gasteiger charge is -2.37. The third-order valence-corrected chi connectivity index (χ3v) is 5.86. The summed E-state index contributed by atoms with van der Waals surface area (Å²) in [6.07, 6.45) is 1.21. The molecule has 0 aromatic heterocycles. The van der Waals surface area contributed by atoms with Crippen LogP contribution in [0, 0.1) is 5.92 Å². The third kappa shape index (κ3) is 5.10. The standard InChI is InChI=1S/C25H33NO6/c1-5-31-20-11-10-18(16-22(20)32-6-2)23(26-14-12-17(13-15-26)25(27)28)19-8-7-9-21(29-3)24(19)30-4/h7-11,16-17,23H,5-6,12-15H2,1-4H3,(H,27,28). The predicted octanol–water partition coefficient (Wildman–Crippen LogP) is 4.39. The zero-order valence-corrected chi connectivity index (χ0v) is 19.3. The number of para-hydroxylation sites is 1. The van der Waals surface area contributed by atoms with E-state index in [0.717, 1.165) is 11.1 Å². The first-order valence-corrected chi connectivity index (χ1v) is 11.1. The van der Waals surface area contributed by atoms with Crippen LogP contribution in [0.1, 0.15) is 43.9 Å². The number of carboxylic acids is 1. The van der Waals surface area contributed by atoms with Gasteiger partial charge < -0.3 is 24.1 Å². The summed E-state index contributed by atoms with van der Waals surface area (Å²) < 4.78 is 22.9. The molecule has 174 valence electrons. The van der Waals surface area contributed by atoms with Crippen LogP contribution >= 0.6 is 0 Å². The molecule has 0 saturated carbocycles. The molecule has 32 heavy (non-hydrogen) atoms. The number of ether oxygens (including phenoxy) is 4. The fourth-order valence-electron chi connectivity index (χ4n) is 4.36. The highest BCUT2D eigenvalue weighted by Crippen LogP contribution is 2.43. The van der Waals surface area contributed by atoms with Gasteiger partial charge in [-0.05, 0) is 63.5 Å². The van der Waals surface area contributed by atoms with E-state index in [-0.39, 0.29) is 12.0 Å². The fraction of sp³-hybridized carbons (Fsp3) is 0.480. The van der Waals surface area contributed by atoms with Crippen LogP contribution < -0.4 is 18.9 Å². The molecule has 0 bridgehead atoms. The van der Waals surface area contributed by atoms with Crippen LogP contribution in [-0.2, 0) is 4.79 Å². The molecule has 0 spiro atoms. The molecule has 0 amide bonds. The SMILES string of the molecule is CCOc1ccc(C(c2cccc(OC)c2OC)N2CCC(C(=O)O)CC2)cc1OCC. The van der Waals surface area contributed by atoms with E-state index in [1.807, 2.05) is 50.2 Å². The highest BCUT2D eigenvalue weighted by atomic mass is 16.5. The number of piperidine rings is 1. The molecular weight excluding hydrogens is 410 g/mol. The van der Waals surface area contributed by atoms with Gasteiger partial charge in [-0.15, -0.1) is 0 Å². The number of methoxy groups -OCH3 is 2. The minimum Gasteiger partial charge on any atom is -0.493 e. The lowest BCUT2D eigenvalue weighted by atomic mass is 9.90. The van der Waals surface area contributed by atoms with Crippen molar-refractivity contribution in [2.45, 2.75) is 32.7 Å². The maximum Gasteiger partial charge on any atom is 0.306 e. The summed E-state index contributed by atoms with van der Waals surface area (Å²) in [7, 11) is 3.26. The molecule has 1 saturated heterocycles. The van der Waals surface area contributed by atoms with Gasteiger partial charge in [0.05, 0.1) is 39.4 Å². The number of hydrogen-bond donors (Lipinski definition) is 1. The number of carboxylic acid groups (broad SMARTS) is 1. The van der Waals surface area contributed by atoms with E-state index in [1.165, 1.54) is 0 Å². The highest BCUT2D eigenvalue weighted by molar-refractivity contribution is 5.70. The second-order valence-corrected chi connectivity index (χ2v) is 7.71. The van der Waals surface area contributed by atoms with Gasteiger partial charge in [-0.25, -0.2) is 0 Å². The van der Waals surface area contributed by atoms with E-state index in [9.17, 15) is 9.90 Å². The molecule has 1 aliphatic rings. The van der Waals surface area contributed by atoms with Crippen molar-refractivity contribution in [3.63, 3.8) is 0 Å². The molecule has 2 aromatic rings. The Morgan fingerprint density at radius 3 is 2.28 bits per heavy atom. The van der Waals surface area contributed by atoms with E-state index >= 15 is 0 Å². The van der Waals surface area contributed by atoms with Crippen LogP contribution in [-0.4, -0.2) is 56.5 Å². The van der Waals surface area contributed by atoms with Crippen molar-refractivity contribution in [2.24, 2.45) is 5.92 Å². The van der Waals surface area contributed by atoms with Crippen LogP contribution in [0.2, 0.25) is 0 Å². The van der Waals surface area contributed by atoms with Crippen molar-refractivity contribution in [1.82, 2.24) is 4.90 Å². The number of aliphatic carboxylic acids is 1. The van der Waals surface area contributed by atoms with E-state index in [1.54, 1.807) is 14.2 Å². The van der Waals surface area contributed by atoms with Crippen LogP contribution in [0.15, 0.2) is 36.4 Å². The van der Waals surface area contributed by atoms with Gasteiger partial charge in [0.2, 0.25) is 0 Å². The van der Waals surface area contributed by atoms with Crippen molar-refractivity contribution in [3.05, 3.63) is 47.5 Å². The average Bonchev–Trinajstić information content (AvgIpc) is 2.81. The van der Waals surface area contributed by atoms with Gasteiger partial charge >= 0.3 is 5.97 Å². The molecule has 3 rings (SSSR count). The van der Waals surface area contributed by atoms with E-state index in [0.29, 0.717) is 62.1 Å². The summed E-state index contributed by atoms with van der Waals surface area (Å²) >= 11 is 0. The summed E-state index contributed by atoms with van der Waals surface area (Å²) in [6, 6.07) is 11.7. The molecule has 1 unspecified atom stereocenters. The maximum atomic E-state index is 11.5. The number of hydrogen-bond acceptors (Lipinski definition) is 6. The zero-order valence-electron chi connectivity index (χ0n) is 19.3. The Morgan fingerprint density at radius 2 is 1.69 bits per heavy atom. The van der Waals surface area contributed by atoms with Crippen molar-refractivity contribution in [2.75, 3.05) is 40.5 Å². The topological polar surface area (TPSA) is 77.5 Å². The quantitative estimate of drug-likeness (QED) is 0.584. The molecule has 0 radical (unpaired) electrons. The van der Waals surface area contributed by atoms with Gasteiger partial charge in [0.1, 0.15) is 0 Å². The van der Waals surface area contributed by atoms with Crippen LogP contribution in [0.3, 0.4) is 0 Å². The zero-order chi connectivity index (χ0) is 23.1. The lowest BCUT2D eigenvalue weighted by molar-refractivity contribution is -0.143. The molecular formula is C25H33NO6. The largest absolute Gasteiger partial charge is 0.493 e.